The van der Waals surface area contributed by atoms with Crippen molar-refractivity contribution in [1.29, 1.82) is 0 Å². The molecule has 1 aliphatic rings. The molecular weight excluding hydrogens is 266 g/mol. The van der Waals surface area contributed by atoms with Gasteiger partial charge >= 0.3 is 0 Å². The van der Waals surface area contributed by atoms with Crippen LogP contribution in [0.2, 0.25) is 5.02 Å². The molecule has 5 heteroatoms. The fourth-order valence-electron chi connectivity index (χ4n) is 1.89. The number of nitrogens with zero attached hydrogens (tertiary/aromatic N) is 1. The van der Waals surface area contributed by atoms with E-state index in [4.69, 9.17) is 21.1 Å². The summed E-state index contributed by atoms with van der Waals surface area (Å²) in [4.78, 5) is 16.1. The summed E-state index contributed by atoms with van der Waals surface area (Å²) < 4.78 is 10.5. The number of carbonyl (C=O) groups excluding carboxylic acids is 1. The summed E-state index contributed by atoms with van der Waals surface area (Å²) in [5.74, 6) is 1.25. The van der Waals surface area contributed by atoms with Crippen molar-refractivity contribution in [2.24, 2.45) is 0 Å². The van der Waals surface area contributed by atoms with Crippen LogP contribution in [0.25, 0.3) is 0 Å². The van der Waals surface area contributed by atoms with Gasteiger partial charge in [0.1, 0.15) is 0 Å². The van der Waals surface area contributed by atoms with E-state index >= 15 is 0 Å². The van der Waals surface area contributed by atoms with Crippen LogP contribution in [-0.2, 0) is 6.42 Å². The number of Topliss-reactive ketones (excluding diaryl/α,β-unsaturated/α-hetero) is 1. The van der Waals surface area contributed by atoms with E-state index in [1.54, 1.807) is 30.5 Å². The van der Waals surface area contributed by atoms with Crippen molar-refractivity contribution in [2.75, 3.05) is 6.79 Å². The molecule has 0 aliphatic carbocycles. The van der Waals surface area contributed by atoms with Gasteiger partial charge in [-0.25, -0.2) is 0 Å². The van der Waals surface area contributed by atoms with Crippen LogP contribution in [0.5, 0.6) is 11.5 Å². The van der Waals surface area contributed by atoms with Crippen LogP contribution in [0.15, 0.2) is 36.7 Å². The molecule has 0 saturated heterocycles. The van der Waals surface area contributed by atoms with Crippen LogP contribution in [0, 0.1) is 0 Å². The highest BCUT2D eigenvalue weighted by atomic mass is 35.5. The summed E-state index contributed by atoms with van der Waals surface area (Å²) in [6.45, 7) is 0.198. The summed E-state index contributed by atoms with van der Waals surface area (Å²) in [6.07, 6.45) is 3.39. The van der Waals surface area contributed by atoms with Crippen molar-refractivity contribution in [1.82, 2.24) is 4.98 Å². The highest BCUT2D eigenvalue weighted by molar-refractivity contribution is 6.31. The van der Waals surface area contributed by atoms with E-state index in [1.807, 2.05) is 0 Å². The van der Waals surface area contributed by atoms with E-state index in [0.29, 0.717) is 22.1 Å². The van der Waals surface area contributed by atoms with Gasteiger partial charge in [0, 0.05) is 24.4 Å². The summed E-state index contributed by atoms with van der Waals surface area (Å²) in [7, 11) is 0. The number of hydrogen-bond acceptors (Lipinski definition) is 4. The molecule has 0 N–H and O–H groups in total. The maximum Gasteiger partial charge on any atom is 0.231 e. The topological polar surface area (TPSA) is 48.4 Å². The van der Waals surface area contributed by atoms with Crippen LogP contribution < -0.4 is 9.47 Å². The third kappa shape index (κ3) is 2.39. The Hall–Kier alpha value is -2.07. The second kappa shape index (κ2) is 4.90. The third-order valence-corrected chi connectivity index (χ3v) is 3.24. The Morgan fingerprint density at radius 2 is 2.11 bits per heavy atom. The standard InChI is InChI=1S/C14H10ClNO3/c15-11-7-16-4-3-9(11)5-12(17)10-1-2-13-14(6-10)19-8-18-13/h1-4,6-7H,5,8H2. The normalized spacial score (nSPS) is 12.5. The lowest BCUT2D eigenvalue weighted by molar-refractivity contribution is 0.0992. The lowest BCUT2D eigenvalue weighted by Crippen LogP contribution is -2.04. The molecule has 0 bridgehead atoms. The van der Waals surface area contributed by atoms with Crippen molar-refractivity contribution >= 4 is 17.4 Å². The number of carbonyl (C=O) groups is 1. The van der Waals surface area contributed by atoms with Crippen LogP contribution in [0.3, 0.4) is 0 Å². The predicted molar refractivity (Wildman–Crippen MR) is 69.8 cm³/mol. The Bertz CT molecular complexity index is 642. The number of halogens is 1. The molecule has 1 aromatic carbocycles. The molecule has 1 aliphatic heterocycles. The van der Waals surface area contributed by atoms with Gasteiger partial charge in [0.2, 0.25) is 6.79 Å². The minimum absolute atomic E-state index is 0.0219. The van der Waals surface area contributed by atoms with Gasteiger partial charge in [-0.3, -0.25) is 9.78 Å². The zero-order valence-electron chi connectivity index (χ0n) is 9.93. The fraction of sp³-hybridized carbons (Fsp3) is 0.143. The van der Waals surface area contributed by atoms with Gasteiger partial charge in [-0.05, 0) is 29.8 Å². The van der Waals surface area contributed by atoms with Crippen molar-refractivity contribution in [3.05, 3.63) is 52.8 Å². The largest absolute Gasteiger partial charge is 0.454 e. The highest BCUT2D eigenvalue weighted by Gasteiger charge is 2.16. The van der Waals surface area contributed by atoms with E-state index < -0.39 is 0 Å². The molecule has 0 unspecified atom stereocenters. The lowest BCUT2D eigenvalue weighted by atomic mass is 10.0. The quantitative estimate of drug-likeness (QED) is 0.808. The second-order valence-corrected chi connectivity index (χ2v) is 4.54. The van der Waals surface area contributed by atoms with Gasteiger partial charge in [0.25, 0.3) is 0 Å². The van der Waals surface area contributed by atoms with Gasteiger partial charge in [0.15, 0.2) is 17.3 Å². The number of benzene rings is 1. The Morgan fingerprint density at radius 3 is 2.95 bits per heavy atom. The smallest absolute Gasteiger partial charge is 0.231 e. The molecule has 0 radical (unpaired) electrons. The zero-order valence-corrected chi connectivity index (χ0v) is 10.7. The maximum atomic E-state index is 12.2. The summed E-state index contributed by atoms with van der Waals surface area (Å²) in [6, 6.07) is 6.90. The number of pyridine rings is 1. The number of rotatable bonds is 3. The Balaban J connectivity index is 1.83. The van der Waals surface area contributed by atoms with Crippen LogP contribution in [0.1, 0.15) is 15.9 Å². The van der Waals surface area contributed by atoms with Crippen LogP contribution in [-0.4, -0.2) is 17.6 Å². The zero-order chi connectivity index (χ0) is 13.2. The van der Waals surface area contributed by atoms with Crippen molar-refractivity contribution in [3.8, 4) is 11.5 Å². The Morgan fingerprint density at radius 1 is 1.26 bits per heavy atom. The highest BCUT2D eigenvalue weighted by Crippen LogP contribution is 2.32. The maximum absolute atomic E-state index is 12.2. The average molecular weight is 276 g/mol. The van der Waals surface area contributed by atoms with Gasteiger partial charge in [0.05, 0.1) is 5.02 Å². The number of ketones is 1. The van der Waals surface area contributed by atoms with E-state index in [9.17, 15) is 4.79 Å². The van der Waals surface area contributed by atoms with E-state index in [2.05, 4.69) is 4.98 Å². The first-order chi connectivity index (χ1) is 9.24. The molecule has 0 spiro atoms. The van der Waals surface area contributed by atoms with Gasteiger partial charge in [-0.1, -0.05) is 11.6 Å². The Labute approximate surface area is 114 Å². The summed E-state index contributed by atoms with van der Waals surface area (Å²) >= 11 is 5.99. The minimum atomic E-state index is -0.0219. The van der Waals surface area contributed by atoms with Crippen LogP contribution >= 0.6 is 11.6 Å². The molecule has 0 atom stereocenters. The molecule has 4 nitrogen and oxygen atoms in total. The average Bonchev–Trinajstić information content (AvgIpc) is 2.88. The number of fused-ring (bicyclic) bond motifs is 1. The molecule has 0 fully saturated rings. The molecular formula is C14H10ClNO3. The molecule has 96 valence electrons. The SMILES string of the molecule is O=C(Cc1ccncc1Cl)c1ccc2c(c1)OCO2. The van der Waals surface area contributed by atoms with Crippen molar-refractivity contribution in [3.63, 3.8) is 0 Å². The molecule has 0 saturated carbocycles. The molecule has 3 rings (SSSR count). The molecule has 1 aromatic heterocycles. The third-order valence-electron chi connectivity index (χ3n) is 2.90. The summed E-state index contributed by atoms with van der Waals surface area (Å²) in [5, 5.41) is 0.497. The number of ether oxygens (including phenoxy) is 2. The predicted octanol–water partition coefficient (Wildman–Crippen LogP) is 2.89. The monoisotopic (exact) mass is 275 g/mol. The van der Waals surface area contributed by atoms with Crippen molar-refractivity contribution < 1.29 is 14.3 Å². The van der Waals surface area contributed by atoms with Crippen molar-refractivity contribution in [2.45, 2.75) is 6.42 Å². The Kier molecular flexibility index (Phi) is 3.09. The molecule has 2 heterocycles. The summed E-state index contributed by atoms with van der Waals surface area (Å²) in [5.41, 5.74) is 1.34. The minimum Gasteiger partial charge on any atom is -0.454 e. The van der Waals surface area contributed by atoms with E-state index in [-0.39, 0.29) is 19.0 Å². The first-order valence-corrected chi connectivity index (χ1v) is 6.13. The van der Waals surface area contributed by atoms with Crippen LogP contribution in [0.4, 0.5) is 0 Å². The lowest BCUT2D eigenvalue weighted by Gasteiger charge is -2.04. The number of hydrogen-bond donors (Lipinski definition) is 0. The first kappa shape index (κ1) is 12.0. The van der Waals surface area contributed by atoms with Gasteiger partial charge < -0.3 is 9.47 Å². The first-order valence-electron chi connectivity index (χ1n) is 5.75. The van der Waals surface area contributed by atoms with E-state index in [0.717, 1.165) is 5.56 Å². The van der Waals surface area contributed by atoms with Gasteiger partial charge in [-0.15, -0.1) is 0 Å². The fourth-order valence-corrected chi connectivity index (χ4v) is 2.08. The van der Waals surface area contributed by atoms with E-state index in [1.165, 1.54) is 6.20 Å². The number of aromatic nitrogens is 1. The molecule has 0 amide bonds. The second-order valence-electron chi connectivity index (χ2n) is 4.14. The molecule has 2 aromatic rings. The molecule has 19 heavy (non-hydrogen) atoms. The van der Waals surface area contributed by atoms with Gasteiger partial charge in [-0.2, -0.15) is 0 Å².